The van der Waals surface area contributed by atoms with Gasteiger partial charge in [-0.25, -0.2) is 0 Å². The van der Waals surface area contributed by atoms with Crippen molar-refractivity contribution in [2.24, 2.45) is 5.73 Å². The van der Waals surface area contributed by atoms with E-state index in [1.165, 1.54) is 12.1 Å². The third-order valence-corrected chi connectivity index (χ3v) is 2.78. The van der Waals surface area contributed by atoms with Gasteiger partial charge in [0, 0.05) is 12.0 Å². The van der Waals surface area contributed by atoms with Crippen molar-refractivity contribution in [3.05, 3.63) is 29.8 Å². The Bertz CT molecular complexity index is 445. The SMILES string of the molecule is CC(CN)(CC(=O)O)c1ccc(OC(F)(F)F)cc1. The zero-order valence-electron chi connectivity index (χ0n) is 10.2. The lowest BCUT2D eigenvalue weighted by Crippen LogP contribution is -2.34. The Morgan fingerprint density at radius 2 is 1.84 bits per heavy atom. The second-order valence-corrected chi connectivity index (χ2v) is 4.41. The molecule has 3 N–H and O–H groups in total. The van der Waals surface area contributed by atoms with E-state index in [2.05, 4.69) is 4.74 Å². The van der Waals surface area contributed by atoms with Crippen LogP contribution < -0.4 is 10.5 Å². The maximum absolute atomic E-state index is 12.0. The molecule has 0 bridgehead atoms. The maximum Gasteiger partial charge on any atom is 0.573 e. The standard InChI is InChI=1S/C12H14F3NO3/c1-11(7-16,6-10(17)18)8-2-4-9(5-3-8)19-12(13,14)15/h2-5H,6-7,16H2,1H3,(H,17,18). The Hall–Kier alpha value is -1.76. The van der Waals surface area contributed by atoms with Gasteiger partial charge < -0.3 is 15.6 Å². The lowest BCUT2D eigenvalue weighted by Gasteiger charge is -2.26. The summed E-state index contributed by atoms with van der Waals surface area (Å²) in [6, 6.07) is 5.05. The average molecular weight is 277 g/mol. The van der Waals surface area contributed by atoms with Gasteiger partial charge >= 0.3 is 12.3 Å². The first-order chi connectivity index (χ1) is 8.66. The number of nitrogens with two attached hydrogens (primary N) is 1. The molecule has 7 heteroatoms. The summed E-state index contributed by atoms with van der Waals surface area (Å²) in [6.07, 6.45) is -4.96. The van der Waals surface area contributed by atoms with E-state index in [0.29, 0.717) is 5.56 Å². The van der Waals surface area contributed by atoms with Crippen LogP contribution in [-0.2, 0) is 10.2 Å². The van der Waals surface area contributed by atoms with Gasteiger partial charge in [-0.05, 0) is 17.7 Å². The van der Waals surface area contributed by atoms with E-state index in [-0.39, 0.29) is 18.7 Å². The molecule has 0 fully saturated rings. The van der Waals surface area contributed by atoms with Crippen molar-refractivity contribution >= 4 is 5.97 Å². The van der Waals surface area contributed by atoms with E-state index >= 15 is 0 Å². The lowest BCUT2D eigenvalue weighted by molar-refractivity contribution is -0.274. The highest BCUT2D eigenvalue weighted by molar-refractivity contribution is 5.69. The quantitative estimate of drug-likeness (QED) is 0.866. The number of hydrogen-bond donors (Lipinski definition) is 2. The van der Waals surface area contributed by atoms with Gasteiger partial charge in [-0.15, -0.1) is 13.2 Å². The Labute approximate surface area is 108 Å². The number of carbonyl (C=O) groups is 1. The van der Waals surface area contributed by atoms with Gasteiger partial charge in [-0.2, -0.15) is 0 Å². The van der Waals surface area contributed by atoms with Crippen molar-refractivity contribution in [2.75, 3.05) is 6.54 Å². The van der Waals surface area contributed by atoms with Gasteiger partial charge in [-0.1, -0.05) is 19.1 Å². The summed E-state index contributed by atoms with van der Waals surface area (Å²) in [6.45, 7) is 1.71. The van der Waals surface area contributed by atoms with Gasteiger partial charge in [-0.3, -0.25) is 4.79 Å². The predicted octanol–water partition coefficient (Wildman–Crippen LogP) is 2.28. The van der Waals surface area contributed by atoms with Gasteiger partial charge in [0.15, 0.2) is 0 Å². The zero-order valence-corrected chi connectivity index (χ0v) is 10.2. The normalized spacial score (nSPS) is 14.8. The fourth-order valence-electron chi connectivity index (χ4n) is 1.68. The number of hydrogen-bond acceptors (Lipinski definition) is 3. The lowest BCUT2D eigenvalue weighted by atomic mass is 9.79. The van der Waals surface area contributed by atoms with Gasteiger partial charge in [0.2, 0.25) is 0 Å². The highest BCUT2D eigenvalue weighted by Crippen LogP contribution is 2.29. The first kappa shape index (κ1) is 15.3. The number of rotatable bonds is 5. The van der Waals surface area contributed by atoms with Crippen LogP contribution in [0.4, 0.5) is 13.2 Å². The van der Waals surface area contributed by atoms with Crippen molar-refractivity contribution < 1.29 is 27.8 Å². The number of halogens is 3. The molecule has 0 radical (unpaired) electrons. The van der Waals surface area contributed by atoms with Crippen molar-refractivity contribution in [2.45, 2.75) is 25.1 Å². The molecule has 0 spiro atoms. The van der Waals surface area contributed by atoms with Gasteiger partial charge in [0.1, 0.15) is 5.75 Å². The molecule has 1 rings (SSSR count). The molecule has 19 heavy (non-hydrogen) atoms. The van der Waals surface area contributed by atoms with E-state index in [1.54, 1.807) is 6.92 Å². The predicted molar refractivity (Wildman–Crippen MR) is 61.8 cm³/mol. The van der Waals surface area contributed by atoms with Crippen molar-refractivity contribution in [3.63, 3.8) is 0 Å². The third kappa shape index (κ3) is 4.44. The average Bonchev–Trinajstić information content (AvgIpc) is 2.26. The second-order valence-electron chi connectivity index (χ2n) is 4.41. The van der Waals surface area contributed by atoms with Crippen LogP contribution in [0.3, 0.4) is 0 Å². The molecular formula is C12H14F3NO3. The summed E-state index contributed by atoms with van der Waals surface area (Å²) in [5, 5.41) is 8.82. The summed E-state index contributed by atoms with van der Waals surface area (Å²) in [4.78, 5) is 10.8. The molecule has 0 amide bonds. The number of ether oxygens (including phenoxy) is 1. The van der Waals surface area contributed by atoms with Crippen LogP contribution in [0.5, 0.6) is 5.75 Å². The van der Waals surface area contributed by atoms with E-state index in [9.17, 15) is 18.0 Å². The molecular weight excluding hydrogens is 263 g/mol. The molecule has 0 aliphatic rings. The van der Waals surface area contributed by atoms with Crippen LogP contribution in [0.1, 0.15) is 18.9 Å². The highest BCUT2D eigenvalue weighted by atomic mass is 19.4. The Morgan fingerprint density at radius 1 is 1.32 bits per heavy atom. The molecule has 1 atom stereocenters. The Balaban J connectivity index is 2.93. The Morgan fingerprint density at radius 3 is 2.21 bits per heavy atom. The smallest absolute Gasteiger partial charge is 0.481 e. The van der Waals surface area contributed by atoms with E-state index in [4.69, 9.17) is 10.8 Å². The molecule has 0 saturated heterocycles. The van der Waals surface area contributed by atoms with E-state index in [1.807, 2.05) is 0 Å². The molecule has 106 valence electrons. The largest absolute Gasteiger partial charge is 0.573 e. The van der Waals surface area contributed by atoms with E-state index in [0.717, 1.165) is 12.1 Å². The molecule has 0 aliphatic carbocycles. The number of alkyl halides is 3. The van der Waals surface area contributed by atoms with Crippen LogP contribution >= 0.6 is 0 Å². The van der Waals surface area contributed by atoms with Crippen LogP contribution in [0.15, 0.2) is 24.3 Å². The van der Waals surface area contributed by atoms with Gasteiger partial charge in [0.05, 0.1) is 6.42 Å². The molecule has 1 unspecified atom stereocenters. The maximum atomic E-state index is 12.0. The topological polar surface area (TPSA) is 72.6 Å². The minimum atomic E-state index is -4.75. The first-order valence-electron chi connectivity index (χ1n) is 5.44. The minimum Gasteiger partial charge on any atom is -0.481 e. The summed E-state index contributed by atoms with van der Waals surface area (Å²) in [7, 11) is 0. The summed E-state index contributed by atoms with van der Waals surface area (Å²) in [5.74, 6) is -1.38. The summed E-state index contributed by atoms with van der Waals surface area (Å²) in [5.41, 5.74) is 5.27. The number of carboxylic acids is 1. The third-order valence-electron chi connectivity index (χ3n) is 2.78. The molecule has 0 aliphatic heterocycles. The number of carboxylic acid groups (broad SMARTS) is 1. The molecule has 0 heterocycles. The minimum absolute atomic E-state index is 0.0682. The monoisotopic (exact) mass is 277 g/mol. The van der Waals surface area contributed by atoms with Crippen LogP contribution in [0.2, 0.25) is 0 Å². The van der Waals surface area contributed by atoms with Crippen LogP contribution in [-0.4, -0.2) is 24.0 Å². The van der Waals surface area contributed by atoms with E-state index < -0.39 is 17.7 Å². The Kier molecular flexibility index (Phi) is 4.41. The molecule has 0 saturated carbocycles. The molecule has 1 aromatic rings. The van der Waals surface area contributed by atoms with Crippen molar-refractivity contribution in [3.8, 4) is 5.75 Å². The molecule has 1 aromatic carbocycles. The van der Waals surface area contributed by atoms with Crippen molar-refractivity contribution in [1.29, 1.82) is 0 Å². The second kappa shape index (κ2) is 5.48. The number of aliphatic carboxylic acids is 1. The van der Waals surface area contributed by atoms with Gasteiger partial charge in [0.25, 0.3) is 0 Å². The first-order valence-corrected chi connectivity index (χ1v) is 5.44. The van der Waals surface area contributed by atoms with Crippen molar-refractivity contribution in [1.82, 2.24) is 0 Å². The van der Waals surface area contributed by atoms with Crippen LogP contribution in [0.25, 0.3) is 0 Å². The number of benzene rings is 1. The molecule has 0 aromatic heterocycles. The fraction of sp³-hybridized carbons (Fsp3) is 0.417. The highest BCUT2D eigenvalue weighted by Gasteiger charge is 2.32. The molecule has 4 nitrogen and oxygen atoms in total. The summed E-state index contributed by atoms with van der Waals surface area (Å²) < 4.78 is 39.7. The zero-order chi connectivity index (χ0) is 14.7. The van der Waals surface area contributed by atoms with Crippen LogP contribution in [0, 0.1) is 0 Å². The fourth-order valence-corrected chi connectivity index (χ4v) is 1.68. The summed E-state index contributed by atoms with van der Waals surface area (Å²) >= 11 is 0.